The molecule has 7 nitrogen and oxygen atoms in total. The average molecular weight is 327 g/mol. The van der Waals surface area contributed by atoms with Crippen molar-refractivity contribution in [3.8, 4) is 0 Å². The van der Waals surface area contributed by atoms with Crippen molar-refractivity contribution in [3.05, 3.63) is 23.8 Å². The number of anilines is 2. The fourth-order valence-electron chi connectivity index (χ4n) is 2.41. The van der Waals surface area contributed by atoms with Gasteiger partial charge in [0.25, 0.3) is 0 Å². The normalized spacial score (nSPS) is 14.4. The Morgan fingerprint density at radius 2 is 2.18 bits per heavy atom. The number of nitrogens with one attached hydrogen (secondary N) is 2. The summed E-state index contributed by atoms with van der Waals surface area (Å²) in [5.74, 6) is 0. The van der Waals surface area contributed by atoms with E-state index in [-0.39, 0.29) is 6.03 Å². The molecule has 0 saturated heterocycles. The van der Waals surface area contributed by atoms with Gasteiger partial charge >= 0.3 is 6.03 Å². The summed E-state index contributed by atoms with van der Waals surface area (Å²) in [6, 6.07) is 4.99. The highest BCUT2D eigenvalue weighted by Crippen LogP contribution is 2.31. The van der Waals surface area contributed by atoms with Gasteiger partial charge < -0.3 is 15.4 Å². The third-order valence-electron chi connectivity index (χ3n) is 3.41. The van der Waals surface area contributed by atoms with Gasteiger partial charge in [-0.2, -0.15) is 0 Å². The van der Waals surface area contributed by atoms with Crippen molar-refractivity contribution in [2.24, 2.45) is 0 Å². The smallest absolute Gasteiger partial charge is 0.319 e. The van der Waals surface area contributed by atoms with Gasteiger partial charge in [-0.05, 0) is 30.5 Å². The maximum atomic E-state index is 11.9. The van der Waals surface area contributed by atoms with Crippen molar-refractivity contribution in [2.75, 3.05) is 42.7 Å². The Balaban J connectivity index is 2.14. The molecule has 0 atom stereocenters. The van der Waals surface area contributed by atoms with Crippen LogP contribution in [0.15, 0.2) is 18.2 Å². The average Bonchev–Trinajstić information content (AvgIpc) is 2.45. The number of nitrogens with zero attached hydrogens (tertiary/aromatic N) is 1. The lowest BCUT2D eigenvalue weighted by Gasteiger charge is -2.29. The molecular weight excluding hydrogens is 306 g/mol. The number of hydrogen-bond acceptors (Lipinski definition) is 4. The van der Waals surface area contributed by atoms with E-state index in [1.165, 1.54) is 10.6 Å². The largest absolute Gasteiger partial charge is 0.383 e. The Kier molecular flexibility index (Phi) is 5.25. The summed E-state index contributed by atoms with van der Waals surface area (Å²) in [6.45, 7) is 1.30. The number of methoxy groups -OCH3 is 1. The number of aryl methyl sites for hydroxylation is 1. The zero-order valence-corrected chi connectivity index (χ0v) is 13.6. The number of sulfonamides is 1. The van der Waals surface area contributed by atoms with Gasteiger partial charge in [-0.15, -0.1) is 0 Å². The first-order valence-corrected chi connectivity index (χ1v) is 8.91. The number of hydrogen-bond donors (Lipinski definition) is 2. The molecule has 2 amide bonds. The molecule has 0 unspecified atom stereocenters. The lowest BCUT2D eigenvalue weighted by atomic mass is 10.0. The van der Waals surface area contributed by atoms with E-state index in [9.17, 15) is 13.2 Å². The molecule has 0 radical (unpaired) electrons. The molecule has 22 heavy (non-hydrogen) atoms. The van der Waals surface area contributed by atoms with E-state index in [2.05, 4.69) is 10.6 Å². The minimum absolute atomic E-state index is 0.348. The molecule has 0 aliphatic carbocycles. The molecule has 1 aromatic rings. The van der Waals surface area contributed by atoms with E-state index < -0.39 is 10.0 Å². The van der Waals surface area contributed by atoms with Crippen molar-refractivity contribution >= 4 is 27.4 Å². The van der Waals surface area contributed by atoms with Crippen LogP contribution in [0.1, 0.15) is 12.0 Å². The van der Waals surface area contributed by atoms with Crippen LogP contribution in [-0.2, 0) is 21.2 Å². The van der Waals surface area contributed by atoms with Crippen LogP contribution in [-0.4, -0.2) is 47.5 Å². The van der Waals surface area contributed by atoms with Crippen LogP contribution in [0.4, 0.5) is 16.2 Å². The van der Waals surface area contributed by atoms with Crippen LogP contribution >= 0.6 is 0 Å². The Morgan fingerprint density at radius 3 is 2.86 bits per heavy atom. The number of fused-ring (bicyclic) bond motifs is 1. The number of rotatable bonds is 5. The highest BCUT2D eigenvalue weighted by Gasteiger charge is 2.24. The fourth-order valence-corrected chi connectivity index (χ4v) is 3.39. The van der Waals surface area contributed by atoms with Gasteiger partial charge in [0.15, 0.2) is 0 Å². The van der Waals surface area contributed by atoms with Gasteiger partial charge in [0.1, 0.15) is 0 Å². The molecule has 1 heterocycles. The molecule has 0 aromatic heterocycles. The third kappa shape index (κ3) is 4.11. The molecule has 2 N–H and O–H groups in total. The fraction of sp³-hybridized carbons (Fsp3) is 0.500. The maximum absolute atomic E-state index is 11.9. The van der Waals surface area contributed by atoms with E-state index in [4.69, 9.17) is 4.74 Å². The van der Waals surface area contributed by atoms with Gasteiger partial charge in [0.05, 0.1) is 18.6 Å². The first-order chi connectivity index (χ1) is 10.4. The van der Waals surface area contributed by atoms with Gasteiger partial charge in [-0.25, -0.2) is 13.2 Å². The van der Waals surface area contributed by atoms with E-state index in [0.29, 0.717) is 31.1 Å². The number of carbonyl (C=O) groups is 1. The second-order valence-electron chi connectivity index (χ2n) is 5.16. The van der Waals surface area contributed by atoms with Crippen molar-refractivity contribution in [1.29, 1.82) is 0 Å². The van der Waals surface area contributed by atoms with Crippen molar-refractivity contribution in [3.63, 3.8) is 0 Å². The lowest BCUT2D eigenvalue weighted by molar-refractivity contribution is 0.198. The summed E-state index contributed by atoms with van der Waals surface area (Å²) in [7, 11) is -1.76. The number of carbonyl (C=O) groups excluding carboxylic acids is 1. The maximum Gasteiger partial charge on any atom is 0.319 e. The molecule has 0 spiro atoms. The molecule has 0 saturated carbocycles. The van der Waals surface area contributed by atoms with Gasteiger partial charge in [0, 0.05) is 25.9 Å². The van der Waals surface area contributed by atoms with Crippen LogP contribution in [0, 0.1) is 0 Å². The first kappa shape index (κ1) is 16.6. The van der Waals surface area contributed by atoms with Gasteiger partial charge in [-0.3, -0.25) is 4.31 Å². The highest BCUT2D eigenvalue weighted by atomic mass is 32.2. The van der Waals surface area contributed by atoms with Crippen LogP contribution in [0.3, 0.4) is 0 Å². The zero-order chi connectivity index (χ0) is 16.2. The number of ether oxygens (including phenoxy) is 1. The topological polar surface area (TPSA) is 87.7 Å². The molecule has 1 aliphatic heterocycles. The molecule has 8 heteroatoms. The van der Waals surface area contributed by atoms with Crippen LogP contribution in [0.5, 0.6) is 0 Å². The van der Waals surface area contributed by atoms with Crippen LogP contribution < -0.4 is 14.9 Å². The molecule has 1 aromatic carbocycles. The second-order valence-corrected chi connectivity index (χ2v) is 7.06. The Labute approximate surface area is 130 Å². The van der Waals surface area contributed by atoms with E-state index in [1.54, 1.807) is 19.2 Å². The number of urea groups is 1. The standard InChI is InChI=1S/C14H21N3O4S/c1-21-9-7-15-14(18)16-12-6-5-11-4-3-8-17(13(11)10-12)22(2,19)20/h5-6,10H,3-4,7-9H2,1-2H3,(H2,15,16,18). The van der Waals surface area contributed by atoms with Crippen molar-refractivity contribution < 1.29 is 17.9 Å². The molecule has 2 rings (SSSR count). The summed E-state index contributed by atoms with van der Waals surface area (Å²) in [5, 5.41) is 5.34. The summed E-state index contributed by atoms with van der Waals surface area (Å²) in [5.41, 5.74) is 2.18. The van der Waals surface area contributed by atoms with Crippen molar-refractivity contribution in [1.82, 2.24) is 5.32 Å². The first-order valence-electron chi connectivity index (χ1n) is 7.06. The summed E-state index contributed by atoms with van der Waals surface area (Å²) >= 11 is 0. The number of amides is 2. The van der Waals surface area contributed by atoms with E-state index >= 15 is 0 Å². The summed E-state index contributed by atoms with van der Waals surface area (Å²) in [4.78, 5) is 11.7. The van der Waals surface area contributed by atoms with Crippen LogP contribution in [0.2, 0.25) is 0 Å². The Morgan fingerprint density at radius 1 is 1.41 bits per heavy atom. The molecular formula is C14H21N3O4S. The molecule has 0 bridgehead atoms. The SMILES string of the molecule is COCCNC(=O)Nc1ccc2c(c1)N(S(C)(=O)=O)CCC2. The molecule has 1 aliphatic rings. The van der Waals surface area contributed by atoms with E-state index in [1.807, 2.05) is 6.07 Å². The van der Waals surface area contributed by atoms with E-state index in [0.717, 1.165) is 18.4 Å². The minimum atomic E-state index is -3.31. The quantitative estimate of drug-likeness (QED) is 0.795. The predicted molar refractivity (Wildman–Crippen MR) is 85.9 cm³/mol. The second kappa shape index (κ2) is 6.97. The molecule has 0 fully saturated rings. The summed E-state index contributed by atoms with van der Waals surface area (Å²) in [6.07, 6.45) is 2.83. The van der Waals surface area contributed by atoms with Gasteiger partial charge in [-0.1, -0.05) is 6.07 Å². The predicted octanol–water partition coefficient (Wildman–Crippen LogP) is 1.17. The van der Waals surface area contributed by atoms with Crippen molar-refractivity contribution in [2.45, 2.75) is 12.8 Å². The molecule has 122 valence electrons. The minimum Gasteiger partial charge on any atom is -0.383 e. The third-order valence-corrected chi connectivity index (χ3v) is 4.59. The Hall–Kier alpha value is -1.80. The summed E-state index contributed by atoms with van der Waals surface area (Å²) < 4.78 is 30.0. The lowest BCUT2D eigenvalue weighted by Crippen LogP contribution is -2.35. The number of benzene rings is 1. The van der Waals surface area contributed by atoms with Gasteiger partial charge in [0.2, 0.25) is 10.0 Å². The monoisotopic (exact) mass is 327 g/mol. The Bertz CT molecular complexity index is 645. The van der Waals surface area contributed by atoms with Crippen LogP contribution in [0.25, 0.3) is 0 Å². The zero-order valence-electron chi connectivity index (χ0n) is 12.8. The highest BCUT2D eigenvalue weighted by molar-refractivity contribution is 7.92.